The summed E-state index contributed by atoms with van der Waals surface area (Å²) in [5.74, 6) is 2.73. The minimum Gasteiger partial charge on any atom is -0.469 e. The molecule has 0 bridgehead atoms. The molecular weight excluding hydrogens is 256 g/mol. The van der Waals surface area contributed by atoms with Crippen LogP contribution in [0.1, 0.15) is 39.0 Å². The Kier molecular flexibility index (Phi) is 17.2. The van der Waals surface area contributed by atoms with Crippen molar-refractivity contribution in [3.8, 4) is 0 Å². The van der Waals surface area contributed by atoms with Gasteiger partial charge in [-0.15, -0.1) is 0 Å². The number of thioether (sulfide) groups is 1. The molecule has 6 heteroatoms. The third kappa shape index (κ3) is 25.6. The van der Waals surface area contributed by atoms with Crippen molar-refractivity contribution in [2.45, 2.75) is 39.0 Å². The fourth-order valence-corrected chi connectivity index (χ4v) is 1.95. The highest BCUT2D eigenvalue weighted by Gasteiger charge is 1.95. The molecule has 0 saturated carbocycles. The van der Waals surface area contributed by atoms with Gasteiger partial charge in [0.2, 0.25) is 0 Å². The molecule has 1 aliphatic rings. The van der Waals surface area contributed by atoms with Gasteiger partial charge in [0.05, 0.1) is 7.11 Å². The van der Waals surface area contributed by atoms with Crippen molar-refractivity contribution >= 4 is 35.1 Å². The van der Waals surface area contributed by atoms with Gasteiger partial charge in [0.15, 0.2) is 5.11 Å². The Balaban J connectivity index is 0. The number of thiocarbonyl (C=S) groups is 1. The maximum atomic E-state index is 10.3. The minimum atomic E-state index is -0.105. The number of unbranched alkanes of at least 4 members (excludes halogenated alkanes) is 1. The molecule has 1 saturated heterocycles. The summed E-state index contributed by atoms with van der Waals surface area (Å²) in [6.07, 6.45) is 5.48. The summed E-state index contributed by atoms with van der Waals surface area (Å²) >= 11 is 6.17. The predicted molar refractivity (Wildman–Crippen MR) is 79.1 cm³/mol. The molecule has 0 amide bonds. The number of hydrogen-bond acceptors (Lipinski definition) is 4. The second kappa shape index (κ2) is 15.5. The van der Waals surface area contributed by atoms with E-state index >= 15 is 0 Å². The molecule has 4 nitrogen and oxygen atoms in total. The van der Waals surface area contributed by atoms with Gasteiger partial charge in [-0.25, -0.2) is 0 Å². The van der Waals surface area contributed by atoms with Crippen LogP contribution in [0, 0.1) is 0 Å². The summed E-state index contributed by atoms with van der Waals surface area (Å²) in [6.45, 7) is 2.04. The molecular formula is C11H24N2O2S2. The smallest absolute Gasteiger partial charge is 0.305 e. The van der Waals surface area contributed by atoms with E-state index in [1.165, 1.54) is 31.5 Å². The van der Waals surface area contributed by atoms with Crippen LogP contribution in [0.25, 0.3) is 0 Å². The van der Waals surface area contributed by atoms with Crippen LogP contribution in [0.3, 0.4) is 0 Å². The van der Waals surface area contributed by atoms with Gasteiger partial charge in [-0.3, -0.25) is 4.79 Å². The van der Waals surface area contributed by atoms with Crippen molar-refractivity contribution in [1.82, 2.24) is 0 Å². The van der Waals surface area contributed by atoms with Crippen LogP contribution in [-0.4, -0.2) is 29.7 Å². The van der Waals surface area contributed by atoms with Gasteiger partial charge in [-0.2, -0.15) is 11.8 Å². The third-order valence-electron chi connectivity index (χ3n) is 1.79. The van der Waals surface area contributed by atoms with Gasteiger partial charge in [-0.1, -0.05) is 13.3 Å². The Morgan fingerprint density at radius 1 is 1.35 bits per heavy atom. The molecule has 17 heavy (non-hydrogen) atoms. The van der Waals surface area contributed by atoms with E-state index in [1.54, 1.807) is 0 Å². The molecule has 0 aromatic heterocycles. The average Bonchev–Trinajstić information content (AvgIpc) is 2.83. The number of esters is 1. The number of carbonyl (C=O) groups is 1. The number of nitrogens with two attached hydrogens (primary N) is 2. The van der Waals surface area contributed by atoms with E-state index in [4.69, 9.17) is 0 Å². The first-order valence-corrected chi connectivity index (χ1v) is 7.30. The van der Waals surface area contributed by atoms with Gasteiger partial charge < -0.3 is 16.2 Å². The number of methoxy groups -OCH3 is 1. The van der Waals surface area contributed by atoms with Gasteiger partial charge in [0.1, 0.15) is 0 Å². The summed E-state index contributed by atoms with van der Waals surface area (Å²) < 4.78 is 4.41. The fraction of sp³-hybridized carbons (Fsp3) is 0.818. The lowest BCUT2D eigenvalue weighted by molar-refractivity contribution is -0.140. The summed E-state index contributed by atoms with van der Waals surface area (Å²) in [5, 5.41) is 0.000000000000000222. The normalized spacial score (nSPS) is 12.6. The Morgan fingerprint density at radius 2 is 1.82 bits per heavy atom. The van der Waals surface area contributed by atoms with Crippen LogP contribution in [0.5, 0.6) is 0 Å². The Morgan fingerprint density at radius 3 is 2.06 bits per heavy atom. The third-order valence-corrected chi connectivity index (χ3v) is 2.94. The lowest BCUT2D eigenvalue weighted by Gasteiger charge is -1.93. The van der Waals surface area contributed by atoms with Crippen molar-refractivity contribution in [2.75, 3.05) is 18.6 Å². The number of ether oxygens (including phenoxy) is 1. The van der Waals surface area contributed by atoms with Crippen molar-refractivity contribution in [1.29, 1.82) is 0 Å². The molecule has 4 N–H and O–H groups in total. The predicted octanol–water partition coefficient (Wildman–Crippen LogP) is 2.05. The van der Waals surface area contributed by atoms with E-state index in [2.05, 4.69) is 40.2 Å². The first-order valence-electron chi connectivity index (χ1n) is 5.74. The molecule has 0 unspecified atom stereocenters. The second-order valence-corrected chi connectivity index (χ2v) is 5.10. The highest BCUT2D eigenvalue weighted by Crippen LogP contribution is 2.14. The molecule has 0 radical (unpaired) electrons. The van der Waals surface area contributed by atoms with Gasteiger partial charge in [0, 0.05) is 6.42 Å². The summed E-state index contributed by atoms with van der Waals surface area (Å²) in [6, 6.07) is 0. The van der Waals surface area contributed by atoms with Crippen molar-refractivity contribution in [2.24, 2.45) is 11.5 Å². The van der Waals surface area contributed by atoms with Crippen LogP contribution in [0.15, 0.2) is 0 Å². The van der Waals surface area contributed by atoms with Crippen molar-refractivity contribution in [3.05, 3.63) is 0 Å². The first kappa shape index (κ1) is 18.9. The first-order chi connectivity index (χ1) is 8.04. The zero-order valence-electron chi connectivity index (χ0n) is 10.7. The fourth-order valence-electron chi connectivity index (χ4n) is 0.933. The standard InChI is InChI=1S/C6H12O2.C4H8S.CH4N2S/c1-3-4-5-6(7)8-2;1-2-4-5-3-1;2-1(3)4/h3-5H2,1-2H3;1-4H2;(H4,2,3,4). The largest absolute Gasteiger partial charge is 0.469 e. The molecule has 1 aliphatic heterocycles. The number of hydrogen-bond donors (Lipinski definition) is 2. The molecule has 0 aliphatic carbocycles. The highest BCUT2D eigenvalue weighted by molar-refractivity contribution is 7.99. The highest BCUT2D eigenvalue weighted by atomic mass is 32.2. The average molecular weight is 280 g/mol. The van der Waals surface area contributed by atoms with Crippen LogP contribution < -0.4 is 11.5 Å². The maximum Gasteiger partial charge on any atom is 0.305 e. The van der Waals surface area contributed by atoms with E-state index in [-0.39, 0.29) is 11.1 Å². The lowest BCUT2D eigenvalue weighted by atomic mass is 10.3. The summed E-state index contributed by atoms with van der Waals surface area (Å²) in [5.41, 5.74) is 9.24. The Hall–Kier alpha value is -0.490. The molecule has 1 fully saturated rings. The summed E-state index contributed by atoms with van der Waals surface area (Å²) in [4.78, 5) is 10.3. The van der Waals surface area contributed by atoms with Crippen LogP contribution in [0.2, 0.25) is 0 Å². The van der Waals surface area contributed by atoms with E-state index in [0.717, 1.165) is 12.8 Å². The number of carbonyl (C=O) groups excluding carboxylic acids is 1. The van der Waals surface area contributed by atoms with Gasteiger partial charge >= 0.3 is 5.97 Å². The molecule has 0 spiro atoms. The quantitative estimate of drug-likeness (QED) is 0.608. The molecule has 0 atom stereocenters. The lowest BCUT2D eigenvalue weighted by Crippen LogP contribution is -2.18. The Bertz CT molecular complexity index is 186. The van der Waals surface area contributed by atoms with Crippen molar-refractivity contribution in [3.63, 3.8) is 0 Å². The van der Waals surface area contributed by atoms with E-state index < -0.39 is 0 Å². The molecule has 1 rings (SSSR count). The van der Waals surface area contributed by atoms with E-state index in [0.29, 0.717) is 6.42 Å². The minimum absolute atomic E-state index is 0.000000000000000222. The van der Waals surface area contributed by atoms with E-state index in [9.17, 15) is 4.79 Å². The molecule has 1 heterocycles. The van der Waals surface area contributed by atoms with Gasteiger partial charge in [0.25, 0.3) is 0 Å². The topological polar surface area (TPSA) is 78.3 Å². The van der Waals surface area contributed by atoms with Crippen molar-refractivity contribution < 1.29 is 9.53 Å². The SMILES string of the molecule is C1CCSC1.CCCCC(=O)OC.NC(N)=S. The molecule has 0 aromatic rings. The molecule has 102 valence electrons. The monoisotopic (exact) mass is 280 g/mol. The summed E-state index contributed by atoms with van der Waals surface area (Å²) in [7, 11) is 1.41. The zero-order chi connectivity index (χ0) is 13.5. The molecule has 0 aromatic carbocycles. The van der Waals surface area contributed by atoms with Crippen LogP contribution >= 0.6 is 24.0 Å². The van der Waals surface area contributed by atoms with Crippen LogP contribution in [-0.2, 0) is 9.53 Å². The Labute approximate surface area is 114 Å². The van der Waals surface area contributed by atoms with E-state index in [1.807, 2.05) is 6.92 Å². The zero-order valence-corrected chi connectivity index (χ0v) is 12.4. The van der Waals surface area contributed by atoms with Gasteiger partial charge in [-0.05, 0) is 43.0 Å². The number of rotatable bonds is 3. The maximum absolute atomic E-state index is 10.3. The van der Waals surface area contributed by atoms with Crippen LogP contribution in [0.4, 0.5) is 0 Å². The second-order valence-electron chi connectivity index (χ2n) is 3.40.